The Morgan fingerprint density at radius 2 is 1.67 bits per heavy atom. The average molecular weight is 735 g/mol. The fourth-order valence-electron chi connectivity index (χ4n) is 7.51. The van der Waals surface area contributed by atoms with Crippen molar-refractivity contribution < 1.29 is 36.6 Å². The van der Waals surface area contributed by atoms with Crippen LogP contribution in [0.1, 0.15) is 43.4 Å². The van der Waals surface area contributed by atoms with Crippen LogP contribution < -0.4 is 23.9 Å². The number of carbonyl (C=O) groups excluding carboxylic acids is 2. The molecule has 0 saturated carbocycles. The first kappa shape index (κ1) is 37.0. The van der Waals surface area contributed by atoms with E-state index >= 15 is 14.0 Å². The SMILES string of the molecule is CCOc1ccccc1C1(C(=O)NN2CCN(C3CCN(CC)CC3)CC2)C(=O)N(S(=O)(=O)c2ccc(OC)cc2OC)c2cc(F)c(C#N)cc21. The number of benzene rings is 3. The van der Waals surface area contributed by atoms with Crippen molar-refractivity contribution in [1.82, 2.24) is 20.2 Å². The molecule has 1 atom stereocenters. The first-order chi connectivity index (χ1) is 25.0. The summed E-state index contributed by atoms with van der Waals surface area (Å²) in [6, 6.07) is 14.4. The molecule has 1 N–H and O–H groups in total. The van der Waals surface area contributed by atoms with Crippen molar-refractivity contribution >= 4 is 27.5 Å². The molecular formula is C37H43FN6O7S. The van der Waals surface area contributed by atoms with E-state index in [0.29, 0.717) is 42.3 Å². The monoisotopic (exact) mass is 734 g/mol. The predicted molar refractivity (Wildman–Crippen MR) is 190 cm³/mol. The van der Waals surface area contributed by atoms with E-state index in [0.717, 1.165) is 44.6 Å². The number of nitriles is 1. The Labute approximate surface area is 303 Å². The maximum atomic E-state index is 15.5. The van der Waals surface area contributed by atoms with Gasteiger partial charge in [-0.05, 0) is 63.7 Å². The van der Waals surface area contributed by atoms with Crippen LogP contribution in [-0.2, 0) is 25.0 Å². The number of hydrogen-bond donors (Lipinski definition) is 1. The van der Waals surface area contributed by atoms with Crippen LogP contribution in [0.4, 0.5) is 10.1 Å². The summed E-state index contributed by atoms with van der Waals surface area (Å²) in [7, 11) is -2.23. The molecular weight excluding hydrogens is 692 g/mol. The highest BCUT2D eigenvalue weighted by molar-refractivity contribution is 7.93. The van der Waals surface area contributed by atoms with Gasteiger partial charge in [0, 0.05) is 55.5 Å². The van der Waals surface area contributed by atoms with Gasteiger partial charge < -0.3 is 19.1 Å². The minimum atomic E-state index is -4.89. The fourth-order valence-corrected chi connectivity index (χ4v) is 9.10. The number of piperidine rings is 1. The molecule has 2 fully saturated rings. The average Bonchev–Trinajstić information content (AvgIpc) is 3.42. The number of para-hydroxylation sites is 1. The van der Waals surface area contributed by atoms with Gasteiger partial charge in [-0.3, -0.25) is 19.9 Å². The molecule has 3 aliphatic rings. The molecule has 276 valence electrons. The van der Waals surface area contributed by atoms with E-state index in [9.17, 15) is 13.7 Å². The van der Waals surface area contributed by atoms with E-state index in [1.807, 2.05) is 0 Å². The number of fused-ring (bicyclic) bond motifs is 1. The zero-order chi connectivity index (χ0) is 37.2. The van der Waals surface area contributed by atoms with Gasteiger partial charge in [0.05, 0.1) is 32.1 Å². The molecule has 0 spiro atoms. The van der Waals surface area contributed by atoms with E-state index in [1.165, 1.54) is 38.5 Å². The Morgan fingerprint density at radius 3 is 2.31 bits per heavy atom. The Hall–Kier alpha value is -4.75. The van der Waals surface area contributed by atoms with Crippen molar-refractivity contribution in [2.45, 2.75) is 43.0 Å². The third-order valence-corrected chi connectivity index (χ3v) is 12.0. The van der Waals surface area contributed by atoms with Crippen LogP contribution in [0.3, 0.4) is 0 Å². The van der Waals surface area contributed by atoms with Crippen molar-refractivity contribution in [3.63, 3.8) is 0 Å². The molecule has 0 aromatic heterocycles. The van der Waals surface area contributed by atoms with Crippen molar-refractivity contribution in [3.05, 3.63) is 77.1 Å². The van der Waals surface area contributed by atoms with Crippen LogP contribution in [-0.4, -0.2) is 108 Å². The molecule has 0 bridgehead atoms. The number of likely N-dealkylation sites (tertiary alicyclic amines) is 1. The Bertz CT molecular complexity index is 1990. The number of ether oxygens (including phenoxy) is 3. The summed E-state index contributed by atoms with van der Waals surface area (Å²) < 4.78 is 61.8. The second-order valence-corrected chi connectivity index (χ2v) is 14.6. The summed E-state index contributed by atoms with van der Waals surface area (Å²) >= 11 is 0. The van der Waals surface area contributed by atoms with E-state index < -0.39 is 49.2 Å². The first-order valence-electron chi connectivity index (χ1n) is 17.4. The van der Waals surface area contributed by atoms with E-state index in [4.69, 9.17) is 14.2 Å². The normalized spacial score (nSPS) is 20.3. The van der Waals surface area contributed by atoms with Crippen LogP contribution in [0.5, 0.6) is 17.2 Å². The van der Waals surface area contributed by atoms with E-state index in [1.54, 1.807) is 36.2 Å². The number of anilines is 1. The maximum absolute atomic E-state index is 15.5. The smallest absolute Gasteiger partial charge is 0.274 e. The lowest BCUT2D eigenvalue weighted by Gasteiger charge is -2.43. The van der Waals surface area contributed by atoms with Gasteiger partial charge in [-0.25, -0.2) is 22.1 Å². The molecule has 1 unspecified atom stereocenters. The summed E-state index contributed by atoms with van der Waals surface area (Å²) in [5, 5.41) is 11.6. The topological polar surface area (TPSA) is 145 Å². The van der Waals surface area contributed by atoms with Crippen molar-refractivity contribution in [2.75, 3.05) is 70.9 Å². The number of rotatable bonds is 11. The van der Waals surface area contributed by atoms with Crippen LogP contribution in [0, 0.1) is 17.1 Å². The molecule has 15 heteroatoms. The molecule has 52 heavy (non-hydrogen) atoms. The number of carbonyl (C=O) groups is 2. The third kappa shape index (κ3) is 6.34. The Kier molecular flexibility index (Phi) is 10.7. The molecule has 0 radical (unpaired) electrons. The number of halogens is 1. The van der Waals surface area contributed by atoms with Crippen molar-refractivity contribution in [3.8, 4) is 23.3 Å². The van der Waals surface area contributed by atoms with Crippen LogP contribution in [0.15, 0.2) is 59.5 Å². The highest BCUT2D eigenvalue weighted by atomic mass is 32.2. The second-order valence-electron chi connectivity index (χ2n) is 12.9. The lowest BCUT2D eigenvalue weighted by atomic mass is 9.73. The van der Waals surface area contributed by atoms with Crippen molar-refractivity contribution in [1.29, 1.82) is 5.26 Å². The van der Waals surface area contributed by atoms with Gasteiger partial charge in [-0.15, -0.1) is 0 Å². The van der Waals surface area contributed by atoms with E-state index in [-0.39, 0.29) is 29.2 Å². The Morgan fingerprint density at radius 1 is 0.962 bits per heavy atom. The molecule has 3 aromatic carbocycles. The lowest BCUT2D eigenvalue weighted by molar-refractivity contribution is -0.137. The van der Waals surface area contributed by atoms with Gasteiger partial charge in [-0.2, -0.15) is 5.26 Å². The first-order valence-corrected chi connectivity index (χ1v) is 18.8. The van der Waals surface area contributed by atoms with Gasteiger partial charge in [0.2, 0.25) is 0 Å². The van der Waals surface area contributed by atoms with E-state index in [2.05, 4.69) is 22.1 Å². The zero-order valence-corrected chi connectivity index (χ0v) is 30.5. The minimum absolute atomic E-state index is 0.0387. The van der Waals surface area contributed by atoms with Gasteiger partial charge in [0.15, 0.2) is 5.41 Å². The fraction of sp³-hybridized carbons (Fsp3) is 0.432. The molecule has 3 heterocycles. The van der Waals surface area contributed by atoms with Gasteiger partial charge in [0.25, 0.3) is 21.8 Å². The predicted octanol–water partition coefficient (Wildman–Crippen LogP) is 3.27. The molecule has 2 saturated heterocycles. The summed E-state index contributed by atoms with van der Waals surface area (Å²) in [5.74, 6) is -2.83. The summed E-state index contributed by atoms with van der Waals surface area (Å²) in [5.41, 5.74) is -0.521. The number of hydrazine groups is 1. The highest BCUT2D eigenvalue weighted by Gasteiger charge is 2.62. The van der Waals surface area contributed by atoms with Crippen LogP contribution in [0.25, 0.3) is 0 Å². The highest BCUT2D eigenvalue weighted by Crippen LogP contribution is 2.52. The summed E-state index contributed by atoms with van der Waals surface area (Å²) in [6.45, 7) is 9.39. The quantitative estimate of drug-likeness (QED) is 0.290. The number of sulfonamides is 1. The number of methoxy groups -OCH3 is 2. The number of nitrogens with zero attached hydrogens (tertiary/aromatic N) is 5. The second kappa shape index (κ2) is 15.1. The third-order valence-electron chi connectivity index (χ3n) is 10.2. The zero-order valence-electron chi connectivity index (χ0n) is 29.7. The molecule has 3 aliphatic heterocycles. The molecule has 3 aromatic rings. The number of piperazine rings is 1. The van der Waals surface area contributed by atoms with Gasteiger partial charge >= 0.3 is 0 Å². The molecule has 6 rings (SSSR count). The molecule has 0 aliphatic carbocycles. The lowest BCUT2D eigenvalue weighted by Crippen LogP contribution is -2.61. The molecule has 13 nitrogen and oxygen atoms in total. The molecule has 2 amide bonds. The number of amides is 2. The number of hydrogen-bond acceptors (Lipinski definition) is 11. The van der Waals surface area contributed by atoms with Crippen LogP contribution >= 0.6 is 0 Å². The van der Waals surface area contributed by atoms with Gasteiger partial charge in [0.1, 0.15) is 34.0 Å². The largest absolute Gasteiger partial charge is 0.497 e. The van der Waals surface area contributed by atoms with Crippen LogP contribution in [0.2, 0.25) is 0 Å². The van der Waals surface area contributed by atoms with Crippen molar-refractivity contribution in [2.24, 2.45) is 0 Å². The minimum Gasteiger partial charge on any atom is -0.497 e. The Balaban J connectivity index is 1.46. The maximum Gasteiger partial charge on any atom is 0.274 e. The summed E-state index contributed by atoms with van der Waals surface area (Å²) in [6.07, 6.45) is 2.12. The standard InChI is InChI=1S/C37H43FN6O7S/c1-5-41-15-13-26(14-16-41)42-17-19-43(20-18-42)40-35(45)37(28-9-7-8-10-32(28)51-6-2)29-21-25(24-39)30(38)23-31(29)44(36(37)46)52(47,48)34-12-11-27(49-3)22-33(34)50-4/h7-12,21-23,26H,5-6,13-20H2,1-4H3,(H,40,45). The van der Waals surface area contributed by atoms with Gasteiger partial charge in [-0.1, -0.05) is 25.1 Å². The number of nitrogens with one attached hydrogen (secondary N) is 1. The summed E-state index contributed by atoms with van der Waals surface area (Å²) in [4.78, 5) is 34.7.